The van der Waals surface area contributed by atoms with Gasteiger partial charge in [0.15, 0.2) is 0 Å². The van der Waals surface area contributed by atoms with E-state index >= 15 is 0 Å². The number of fused-ring (bicyclic) bond motifs is 1. The van der Waals surface area contributed by atoms with E-state index in [1.807, 2.05) is 12.1 Å². The molecule has 42 heavy (non-hydrogen) atoms. The molecule has 1 atom stereocenters. The van der Waals surface area contributed by atoms with Crippen LogP contribution in [-0.2, 0) is 17.8 Å². The van der Waals surface area contributed by atoms with E-state index in [0.29, 0.717) is 37.8 Å². The van der Waals surface area contributed by atoms with E-state index in [9.17, 15) is 19.1 Å². The Morgan fingerprint density at radius 1 is 1.10 bits per heavy atom. The van der Waals surface area contributed by atoms with Gasteiger partial charge in [0.05, 0.1) is 53.0 Å². The summed E-state index contributed by atoms with van der Waals surface area (Å²) in [7, 11) is 0. The number of nitrogens with zero attached hydrogens (tertiary/aromatic N) is 6. The number of imidazole rings is 1. The number of carbonyl (C=O) groups excluding carboxylic acids is 1. The number of nitrogens with one attached hydrogen (secondary N) is 1. The molecule has 4 aromatic rings. The van der Waals surface area contributed by atoms with Crippen LogP contribution < -0.4 is 10.2 Å². The van der Waals surface area contributed by atoms with E-state index in [1.54, 1.807) is 30.3 Å². The standard InChI is InChI=1S/C30H28FN7O4/c31-23-14-19(16-32)4-6-22(23)29(39)35-26-2-1-3-27(34-26)37-11-9-36(10-12-37)18-28-33-24-7-5-20(30(40)41)15-25(24)38(28)17-21-8-13-42-21/h1-7,14-15,21H,8-13,17-18H2,(H,40,41)(H,34,35,39)/t21-/m0/s1. The van der Waals surface area contributed by atoms with Gasteiger partial charge in [-0.15, -0.1) is 0 Å². The molecule has 2 N–H and O–H groups in total. The van der Waals surface area contributed by atoms with Crippen molar-refractivity contribution in [1.29, 1.82) is 5.26 Å². The number of nitriles is 1. The van der Waals surface area contributed by atoms with Gasteiger partial charge in [0, 0.05) is 32.8 Å². The normalized spacial score (nSPS) is 17.0. The van der Waals surface area contributed by atoms with Crippen molar-refractivity contribution in [2.75, 3.05) is 43.0 Å². The Morgan fingerprint density at radius 3 is 2.60 bits per heavy atom. The van der Waals surface area contributed by atoms with Gasteiger partial charge in [-0.1, -0.05) is 6.07 Å². The van der Waals surface area contributed by atoms with Crippen molar-refractivity contribution in [2.45, 2.75) is 25.6 Å². The first-order chi connectivity index (χ1) is 20.4. The molecule has 0 spiro atoms. The molecular formula is C30H28FN7O4. The van der Waals surface area contributed by atoms with Crippen LogP contribution in [0.4, 0.5) is 16.0 Å². The molecule has 2 saturated heterocycles. The number of carboxylic acids is 1. The molecule has 214 valence electrons. The molecule has 2 aromatic heterocycles. The highest BCUT2D eigenvalue weighted by atomic mass is 19.1. The molecule has 0 radical (unpaired) electrons. The van der Waals surface area contributed by atoms with Crippen molar-refractivity contribution in [3.05, 3.63) is 82.9 Å². The molecule has 11 nitrogen and oxygen atoms in total. The van der Waals surface area contributed by atoms with Crippen LogP contribution in [0, 0.1) is 17.1 Å². The lowest BCUT2D eigenvalue weighted by Crippen LogP contribution is -2.46. The summed E-state index contributed by atoms with van der Waals surface area (Å²) in [5.74, 6) is -0.512. The number of aromatic carboxylic acids is 1. The Morgan fingerprint density at radius 2 is 1.90 bits per heavy atom. The van der Waals surface area contributed by atoms with E-state index < -0.39 is 17.7 Å². The first-order valence-corrected chi connectivity index (χ1v) is 13.7. The highest BCUT2D eigenvalue weighted by Gasteiger charge is 2.25. The number of hydrogen-bond donors (Lipinski definition) is 2. The van der Waals surface area contributed by atoms with Gasteiger partial charge >= 0.3 is 5.97 Å². The van der Waals surface area contributed by atoms with E-state index in [-0.39, 0.29) is 22.8 Å². The molecule has 0 saturated carbocycles. The number of carbonyl (C=O) groups is 2. The van der Waals surface area contributed by atoms with Crippen LogP contribution in [0.2, 0.25) is 0 Å². The first-order valence-electron chi connectivity index (χ1n) is 13.7. The number of amides is 1. The fraction of sp³-hybridized carbons (Fsp3) is 0.300. The van der Waals surface area contributed by atoms with E-state index in [0.717, 1.165) is 49.0 Å². The predicted octanol–water partition coefficient (Wildman–Crippen LogP) is 3.50. The summed E-state index contributed by atoms with van der Waals surface area (Å²) in [6, 6.07) is 15.9. The highest BCUT2D eigenvalue weighted by molar-refractivity contribution is 6.04. The monoisotopic (exact) mass is 569 g/mol. The average Bonchev–Trinajstić information content (AvgIpc) is 3.31. The third kappa shape index (κ3) is 5.65. The van der Waals surface area contributed by atoms with Gasteiger partial charge in [0.1, 0.15) is 23.3 Å². The summed E-state index contributed by atoms with van der Waals surface area (Å²) in [5, 5.41) is 21.0. The zero-order valence-electron chi connectivity index (χ0n) is 22.7. The summed E-state index contributed by atoms with van der Waals surface area (Å²) in [6.45, 7) is 4.87. The van der Waals surface area contributed by atoms with E-state index in [1.165, 1.54) is 12.1 Å². The van der Waals surface area contributed by atoms with Crippen LogP contribution in [0.3, 0.4) is 0 Å². The van der Waals surface area contributed by atoms with Crippen LogP contribution in [0.25, 0.3) is 11.0 Å². The zero-order chi connectivity index (χ0) is 29.2. The molecule has 0 bridgehead atoms. The summed E-state index contributed by atoms with van der Waals surface area (Å²) in [5.41, 5.74) is 1.76. The topological polar surface area (TPSA) is 137 Å². The third-order valence-electron chi connectivity index (χ3n) is 7.63. The number of pyridine rings is 1. The summed E-state index contributed by atoms with van der Waals surface area (Å²) in [6.07, 6.45) is 1.06. The quantitative estimate of drug-likeness (QED) is 0.327. The minimum atomic E-state index is -0.971. The maximum absolute atomic E-state index is 14.3. The van der Waals surface area contributed by atoms with E-state index in [2.05, 4.69) is 24.7 Å². The lowest BCUT2D eigenvalue weighted by atomic mass is 10.1. The van der Waals surface area contributed by atoms with Crippen molar-refractivity contribution >= 4 is 34.5 Å². The molecule has 6 rings (SSSR count). The van der Waals surface area contributed by atoms with Crippen LogP contribution in [0.15, 0.2) is 54.6 Å². The Bertz CT molecular complexity index is 1700. The number of rotatable bonds is 8. The van der Waals surface area contributed by atoms with Crippen molar-refractivity contribution in [3.63, 3.8) is 0 Å². The highest BCUT2D eigenvalue weighted by Crippen LogP contribution is 2.24. The van der Waals surface area contributed by atoms with E-state index in [4.69, 9.17) is 15.0 Å². The zero-order valence-corrected chi connectivity index (χ0v) is 22.7. The lowest BCUT2D eigenvalue weighted by molar-refractivity contribution is -0.0592. The molecule has 1 amide bonds. The molecule has 0 unspecified atom stereocenters. The second-order valence-corrected chi connectivity index (χ2v) is 10.3. The molecule has 2 fully saturated rings. The molecule has 2 aliphatic heterocycles. The van der Waals surface area contributed by atoms with Gasteiger partial charge in [0.2, 0.25) is 0 Å². The maximum atomic E-state index is 14.3. The van der Waals surface area contributed by atoms with Gasteiger partial charge in [-0.05, 0) is 55.0 Å². The molecule has 2 aromatic carbocycles. The number of piperazine rings is 1. The number of aromatic nitrogens is 3. The van der Waals surface area contributed by atoms with Gasteiger partial charge in [-0.25, -0.2) is 19.2 Å². The fourth-order valence-corrected chi connectivity index (χ4v) is 5.22. The Hall–Kier alpha value is -4.86. The summed E-state index contributed by atoms with van der Waals surface area (Å²) in [4.78, 5) is 38.0. The minimum Gasteiger partial charge on any atom is -0.478 e. The lowest BCUT2D eigenvalue weighted by Gasteiger charge is -2.35. The fourth-order valence-electron chi connectivity index (χ4n) is 5.22. The molecule has 4 heterocycles. The summed E-state index contributed by atoms with van der Waals surface area (Å²) < 4.78 is 22.0. The van der Waals surface area contributed by atoms with Gasteiger partial charge in [-0.3, -0.25) is 9.69 Å². The van der Waals surface area contributed by atoms with Crippen LogP contribution >= 0.6 is 0 Å². The second-order valence-electron chi connectivity index (χ2n) is 10.3. The number of halogens is 1. The molecule has 12 heteroatoms. The second kappa shape index (κ2) is 11.6. The van der Waals surface area contributed by atoms with Crippen LogP contribution in [0.1, 0.15) is 38.5 Å². The molecular weight excluding hydrogens is 541 g/mol. The first kappa shape index (κ1) is 27.3. The van der Waals surface area contributed by atoms with Crippen molar-refractivity contribution in [2.24, 2.45) is 0 Å². The van der Waals surface area contributed by atoms with Crippen molar-refractivity contribution < 1.29 is 23.8 Å². The van der Waals surface area contributed by atoms with Crippen LogP contribution in [0.5, 0.6) is 0 Å². The Kier molecular flexibility index (Phi) is 7.52. The Balaban J connectivity index is 1.12. The van der Waals surface area contributed by atoms with Crippen molar-refractivity contribution in [1.82, 2.24) is 19.4 Å². The van der Waals surface area contributed by atoms with Crippen LogP contribution in [-0.4, -0.2) is 75.3 Å². The number of anilines is 2. The molecule has 0 aliphatic carbocycles. The maximum Gasteiger partial charge on any atom is 0.335 e. The van der Waals surface area contributed by atoms with Gasteiger partial charge < -0.3 is 24.6 Å². The number of benzene rings is 2. The minimum absolute atomic E-state index is 0.0960. The summed E-state index contributed by atoms with van der Waals surface area (Å²) >= 11 is 0. The third-order valence-corrected chi connectivity index (χ3v) is 7.63. The SMILES string of the molecule is N#Cc1ccc(C(=O)Nc2cccc(N3CCN(Cc4nc5ccc(C(=O)O)cc5n4C[C@@H]4CCO4)CC3)n2)c(F)c1. The number of ether oxygens (including phenoxy) is 1. The smallest absolute Gasteiger partial charge is 0.335 e. The van der Waals surface area contributed by atoms with Gasteiger partial charge in [-0.2, -0.15) is 5.26 Å². The predicted molar refractivity (Wildman–Crippen MR) is 152 cm³/mol. The van der Waals surface area contributed by atoms with Gasteiger partial charge in [0.25, 0.3) is 5.91 Å². The number of carboxylic acid groups (broad SMARTS) is 1. The molecule has 2 aliphatic rings. The Labute approximate surface area is 240 Å². The van der Waals surface area contributed by atoms with Crippen molar-refractivity contribution in [3.8, 4) is 6.07 Å². The number of hydrogen-bond acceptors (Lipinski definition) is 8. The average molecular weight is 570 g/mol. The largest absolute Gasteiger partial charge is 0.478 e.